The molecular weight excluding hydrogens is 383 g/mol. The molecule has 2 aromatic rings. The molecule has 2 aromatic carbocycles. The summed E-state index contributed by atoms with van der Waals surface area (Å²) < 4.78 is 43.4. The van der Waals surface area contributed by atoms with Crippen LogP contribution in [0.1, 0.15) is 29.2 Å². The van der Waals surface area contributed by atoms with Crippen LogP contribution in [0.3, 0.4) is 0 Å². The number of halogens is 3. The zero-order valence-corrected chi connectivity index (χ0v) is 15.7. The maximum absolute atomic E-state index is 12.9. The molecule has 1 amide bonds. The molecule has 0 spiro atoms. The van der Waals surface area contributed by atoms with Crippen molar-refractivity contribution < 1.29 is 22.7 Å². The van der Waals surface area contributed by atoms with Gasteiger partial charge in [0.1, 0.15) is 11.8 Å². The summed E-state index contributed by atoms with van der Waals surface area (Å²) in [7, 11) is 1.61. The summed E-state index contributed by atoms with van der Waals surface area (Å²) in [6, 6.07) is 12.2. The number of rotatable bonds is 4. The molecule has 2 unspecified atom stereocenters. The van der Waals surface area contributed by atoms with Gasteiger partial charge in [0.15, 0.2) is 0 Å². The maximum Gasteiger partial charge on any atom is 0.416 e. The lowest BCUT2D eigenvalue weighted by Gasteiger charge is -2.31. The highest BCUT2D eigenvalue weighted by atomic mass is 19.4. The van der Waals surface area contributed by atoms with E-state index in [2.05, 4.69) is 5.43 Å². The van der Waals surface area contributed by atoms with E-state index in [9.17, 15) is 18.0 Å². The highest BCUT2D eigenvalue weighted by Gasteiger charge is 2.40. The molecule has 152 valence electrons. The van der Waals surface area contributed by atoms with Crippen molar-refractivity contribution in [3.05, 3.63) is 77.6 Å². The Hall–Kier alpha value is -3.00. The number of ether oxygens (including phenoxy) is 1. The zero-order chi connectivity index (χ0) is 20.6. The molecule has 2 aliphatic heterocycles. The monoisotopic (exact) mass is 403 g/mol. The number of hydrogen-bond acceptors (Lipinski definition) is 4. The van der Waals surface area contributed by atoms with Crippen LogP contribution in [0.25, 0.3) is 0 Å². The van der Waals surface area contributed by atoms with E-state index in [-0.39, 0.29) is 24.5 Å². The normalized spacial score (nSPS) is 21.4. The minimum Gasteiger partial charge on any atom is -0.497 e. The van der Waals surface area contributed by atoms with Crippen LogP contribution < -0.4 is 10.2 Å². The van der Waals surface area contributed by atoms with Gasteiger partial charge in [0, 0.05) is 12.4 Å². The van der Waals surface area contributed by atoms with Crippen LogP contribution in [0.5, 0.6) is 5.75 Å². The van der Waals surface area contributed by atoms with Gasteiger partial charge in [0.05, 0.1) is 25.3 Å². The molecule has 2 aliphatic rings. The molecular formula is C21H20F3N3O2. The van der Waals surface area contributed by atoms with Gasteiger partial charge in [0.25, 0.3) is 5.91 Å². The number of methoxy groups -OCH3 is 1. The summed E-state index contributed by atoms with van der Waals surface area (Å²) in [5.74, 6) is 0.658. The second kappa shape index (κ2) is 7.44. The standard InChI is InChI=1S/C21H20F3N3O2/c1-29-17-4-2-3-15(11-17)18-12-19-20(28)26(9-10-27(19)25-18)13-14-5-7-16(8-6-14)21(22,23)24/h2-11,18-19,25H,12-13H2,1H3. The average molecular weight is 403 g/mol. The first kappa shape index (κ1) is 19.3. The smallest absolute Gasteiger partial charge is 0.416 e. The van der Waals surface area contributed by atoms with Gasteiger partial charge in [-0.3, -0.25) is 4.79 Å². The molecule has 2 atom stereocenters. The average Bonchev–Trinajstić information content (AvgIpc) is 3.15. The second-order valence-electron chi connectivity index (χ2n) is 7.08. The molecule has 8 heteroatoms. The van der Waals surface area contributed by atoms with Crippen LogP contribution in [-0.2, 0) is 17.5 Å². The first-order chi connectivity index (χ1) is 13.8. The van der Waals surface area contributed by atoms with Crippen LogP contribution >= 0.6 is 0 Å². The Balaban J connectivity index is 1.45. The first-order valence-electron chi connectivity index (χ1n) is 9.18. The van der Waals surface area contributed by atoms with E-state index in [0.717, 1.165) is 23.4 Å². The fourth-order valence-electron chi connectivity index (χ4n) is 3.64. The fourth-order valence-corrected chi connectivity index (χ4v) is 3.64. The van der Waals surface area contributed by atoms with Gasteiger partial charge < -0.3 is 14.6 Å². The Bertz CT molecular complexity index is 928. The number of fused-ring (bicyclic) bond motifs is 1. The SMILES string of the molecule is COc1cccc(C2CC3C(=O)N(Cc4ccc(C(F)(F)F)cc4)C=CN3N2)c1. The van der Waals surface area contributed by atoms with E-state index in [1.165, 1.54) is 12.1 Å². The van der Waals surface area contributed by atoms with Gasteiger partial charge in [-0.25, -0.2) is 5.43 Å². The summed E-state index contributed by atoms with van der Waals surface area (Å²) in [6.45, 7) is 0.224. The van der Waals surface area contributed by atoms with Gasteiger partial charge in [-0.05, 0) is 41.8 Å². The predicted molar refractivity (Wildman–Crippen MR) is 100 cm³/mol. The fraction of sp³-hybridized carbons (Fsp3) is 0.286. The van der Waals surface area contributed by atoms with Crippen molar-refractivity contribution in [2.45, 2.75) is 31.2 Å². The number of benzene rings is 2. The van der Waals surface area contributed by atoms with Crippen molar-refractivity contribution in [1.82, 2.24) is 15.3 Å². The van der Waals surface area contributed by atoms with E-state index >= 15 is 0 Å². The molecule has 5 nitrogen and oxygen atoms in total. The van der Waals surface area contributed by atoms with Gasteiger partial charge in [-0.15, -0.1) is 0 Å². The number of carbonyl (C=O) groups excluding carboxylic acids is 1. The number of amides is 1. The number of carbonyl (C=O) groups is 1. The third-order valence-corrected chi connectivity index (χ3v) is 5.21. The van der Waals surface area contributed by atoms with Crippen molar-refractivity contribution in [3.63, 3.8) is 0 Å². The molecule has 1 fully saturated rings. The first-order valence-corrected chi connectivity index (χ1v) is 9.18. The molecule has 0 radical (unpaired) electrons. The van der Waals surface area contributed by atoms with Crippen LogP contribution in [0.4, 0.5) is 13.2 Å². The van der Waals surface area contributed by atoms with E-state index in [1.807, 2.05) is 24.3 Å². The lowest BCUT2D eigenvalue weighted by Crippen LogP contribution is -2.47. The van der Waals surface area contributed by atoms with Crippen molar-refractivity contribution in [3.8, 4) is 5.75 Å². The lowest BCUT2D eigenvalue weighted by atomic mass is 10.0. The Morgan fingerprint density at radius 1 is 1.14 bits per heavy atom. The zero-order valence-electron chi connectivity index (χ0n) is 15.7. The largest absolute Gasteiger partial charge is 0.497 e. The minimum absolute atomic E-state index is 0.0327. The molecule has 29 heavy (non-hydrogen) atoms. The Morgan fingerprint density at radius 3 is 2.59 bits per heavy atom. The quantitative estimate of drug-likeness (QED) is 0.843. The highest BCUT2D eigenvalue weighted by Crippen LogP contribution is 2.33. The van der Waals surface area contributed by atoms with Crippen molar-refractivity contribution >= 4 is 5.91 Å². The number of alkyl halides is 3. The van der Waals surface area contributed by atoms with Crippen LogP contribution in [0, 0.1) is 0 Å². The topological polar surface area (TPSA) is 44.8 Å². The van der Waals surface area contributed by atoms with E-state index in [4.69, 9.17) is 4.74 Å². The third-order valence-electron chi connectivity index (χ3n) is 5.21. The maximum atomic E-state index is 12.9. The van der Waals surface area contributed by atoms with E-state index in [1.54, 1.807) is 29.4 Å². The molecule has 2 heterocycles. The molecule has 0 aliphatic carbocycles. The molecule has 0 bridgehead atoms. The predicted octanol–water partition coefficient (Wildman–Crippen LogP) is 3.85. The number of hydrogen-bond donors (Lipinski definition) is 1. The Kier molecular flexibility index (Phi) is 4.96. The lowest BCUT2D eigenvalue weighted by molar-refractivity contribution is -0.138. The molecule has 0 aromatic heterocycles. The number of nitrogens with zero attached hydrogens (tertiary/aromatic N) is 2. The summed E-state index contributed by atoms with van der Waals surface area (Å²) in [6.07, 6.45) is -0.349. The number of hydrazine groups is 1. The van der Waals surface area contributed by atoms with Crippen LogP contribution in [0.15, 0.2) is 60.9 Å². The van der Waals surface area contributed by atoms with Gasteiger partial charge >= 0.3 is 6.18 Å². The summed E-state index contributed by atoms with van der Waals surface area (Å²) in [5.41, 5.74) is 4.28. The van der Waals surface area contributed by atoms with Crippen LogP contribution in [0.2, 0.25) is 0 Å². The van der Waals surface area contributed by atoms with Crippen molar-refractivity contribution in [2.75, 3.05) is 7.11 Å². The molecule has 0 saturated carbocycles. The Morgan fingerprint density at radius 2 is 1.90 bits per heavy atom. The third kappa shape index (κ3) is 3.93. The van der Waals surface area contributed by atoms with Gasteiger partial charge in [-0.1, -0.05) is 24.3 Å². The number of nitrogens with one attached hydrogen (secondary N) is 1. The van der Waals surface area contributed by atoms with Crippen LogP contribution in [-0.4, -0.2) is 29.0 Å². The highest BCUT2D eigenvalue weighted by molar-refractivity contribution is 5.84. The summed E-state index contributed by atoms with van der Waals surface area (Å²) in [5, 5.41) is 1.79. The Labute approximate surface area is 166 Å². The summed E-state index contributed by atoms with van der Waals surface area (Å²) >= 11 is 0. The van der Waals surface area contributed by atoms with Gasteiger partial charge in [-0.2, -0.15) is 13.2 Å². The summed E-state index contributed by atoms with van der Waals surface area (Å²) in [4.78, 5) is 14.5. The molecule has 1 N–H and O–H groups in total. The van der Waals surface area contributed by atoms with Crippen molar-refractivity contribution in [1.29, 1.82) is 0 Å². The van der Waals surface area contributed by atoms with Gasteiger partial charge in [0.2, 0.25) is 0 Å². The van der Waals surface area contributed by atoms with Crippen molar-refractivity contribution in [2.24, 2.45) is 0 Å². The minimum atomic E-state index is -4.37. The second-order valence-corrected chi connectivity index (χ2v) is 7.08. The molecule has 1 saturated heterocycles. The van der Waals surface area contributed by atoms with E-state index in [0.29, 0.717) is 12.0 Å². The van der Waals surface area contributed by atoms with E-state index < -0.39 is 11.7 Å². The molecule has 4 rings (SSSR count).